The molecular weight excluding hydrogens is 198 g/mol. The van der Waals surface area contributed by atoms with E-state index >= 15 is 0 Å². The minimum absolute atomic E-state index is 0.0202. The van der Waals surface area contributed by atoms with Gasteiger partial charge in [0.15, 0.2) is 5.90 Å². The molecule has 2 N–H and O–H groups in total. The topological polar surface area (TPSA) is 71.3 Å². The van der Waals surface area contributed by atoms with Crippen molar-refractivity contribution < 1.29 is 19.7 Å². The lowest BCUT2D eigenvalue weighted by Crippen LogP contribution is -2.10. The van der Waals surface area contributed by atoms with Crippen molar-refractivity contribution in [1.82, 2.24) is 0 Å². The highest BCUT2D eigenvalue weighted by Crippen LogP contribution is 2.06. The van der Waals surface area contributed by atoms with Gasteiger partial charge in [0.2, 0.25) is 0 Å². The molecule has 84 valence electrons. The molecule has 0 saturated carbocycles. The van der Waals surface area contributed by atoms with E-state index in [-0.39, 0.29) is 19.3 Å². The highest BCUT2D eigenvalue weighted by Gasteiger charge is 2.16. The van der Waals surface area contributed by atoms with Gasteiger partial charge in [-0.15, -0.1) is 0 Å². The van der Waals surface area contributed by atoms with Crippen LogP contribution in [0, 0.1) is 11.8 Å². The van der Waals surface area contributed by atoms with Crippen LogP contribution >= 0.6 is 0 Å². The number of ether oxygens (including phenoxy) is 2. The van der Waals surface area contributed by atoms with E-state index in [4.69, 9.17) is 19.7 Å². The molecule has 1 unspecified atom stereocenters. The second-order valence-corrected chi connectivity index (χ2v) is 2.98. The van der Waals surface area contributed by atoms with Crippen molar-refractivity contribution in [3.05, 3.63) is 0 Å². The molecule has 0 spiro atoms. The van der Waals surface area contributed by atoms with Crippen molar-refractivity contribution in [2.75, 3.05) is 33.0 Å². The van der Waals surface area contributed by atoms with Crippen molar-refractivity contribution in [2.24, 2.45) is 4.99 Å². The first kappa shape index (κ1) is 12.0. The molecule has 0 aromatic rings. The molecule has 0 amide bonds. The van der Waals surface area contributed by atoms with Gasteiger partial charge in [0, 0.05) is 6.42 Å². The first-order valence-electron chi connectivity index (χ1n) is 4.81. The Hall–Kier alpha value is -1.09. The highest BCUT2D eigenvalue weighted by atomic mass is 16.5. The fourth-order valence-corrected chi connectivity index (χ4v) is 1.09. The standard InChI is InChI=1S/C10H15NO4/c12-4-1-2-5-14-6-3-10-11-9(7-13)8-15-10/h9,12-13H,3-8H2. The highest BCUT2D eigenvalue weighted by molar-refractivity contribution is 5.77. The summed E-state index contributed by atoms with van der Waals surface area (Å²) in [5.74, 6) is 5.75. The molecule has 0 saturated heterocycles. The van der Waals surface area contributed by atoms with Gasteiger partial charge in [-0.05, 0) is 0 Å². The van der Waals surface area contributed by atoms with E-state index in [1.54, 1.807) is 0 Å². The van der Waals surface area contributed by atoms with Crippen molar-refractivity contribution >= 4 is 5.90 Å². The summed E-state index contributed by atoms with van der Waals surface area (Å²) in [4.78, 5) is 4.13. The number of aliphatic hydroxyl groups is 2. The molecule has 0 radical (unpaired) electrons. The molecule has 1 aliphatic rings. The van der Waals surface area contributed by atoms with Crippen LogP contribution in [0.3, 0.4) is 0 Å². The van der Waals surface area contributed by atoms with E-state index in [0.29, 0.717) is 32.1 Å². The number of rotatable bonds is 5. The monoisotopic (exact) mass is 213 g/mol. The Morgan fingerprint density at radius 3 is 3.00 bits per heavy atom. The molecule has 0 fully saturated rings. The van der Waals surface area contributed by atoms with Gasteiger partial charge in [-0.3, -0.25) is 0 Å². The Morgan fingerprint density at radius 2 is 2.33 bits per heavy atom. The lowest BCUT2D eigenvalue weighted by atomic mass is 10.4. The van der Waals surface area contributed by atoms with Crippen LogP contribution in [-0.4, -0.2) is 55.2 Å². The van der Waals surface area contributed by atoms with Crippen LogP contribution in [0.4, 0.5) is 0 Å². The smallest absolute Gasteiger partial charge is 0.186 e. The summed E-state index contributed by atoms with van der Waals surface area (Å²) in [6.45, 7) is 1.12. The summed E-state index contributed by atoms with van der Waals surface area (Å²) in [6.07, 6.45) is 0.595. The molecule has 15 heavy (non-hydrogen) atoms. The van der Waals surface area contributed by atoms with Crippen molar-refractivity contribution in [2.45, 2.75) is 12.5 Å². The van der Waals surface area contributed by atoms with Crippen molar-refractivity contribution in [1.29, 1.82) is 0 Å². The van der Waals surface area contributed by atoms with Gasteiger partial charge in [-0.1, -0.05) is 11.8 Å². The predicted octanol–water partition coefficient (Wildman–Crippen LogP) is -0.822. The number of nitrogens with zero attached hydrogens (tertiary/aromatic N) is 1. The van der Waals surface area contributed by atoms with Crippen LogP contribution in [0.15, 0.2) is 4.99 Å². The number of aliphatic hydroxyl groups excluding tert-OH is 2. The maximum atomic E-state index is 8.79. The van der Waals surface area contributed by atoms with E-state index < -0.39 is 0 Å². The summed E-state index contributed by atoms with van der Waals surface area (Å²) in [7, 11) is 0. The summed E-state index contributed by atoms with van der Waals surface area (Å²) in [5, 5.41) is 17.2. The largest absolute Gasteiger partial charge is 0.479 e. The lowest BCUT2D eigenvalue weighted by Gasteiger charge is -2.00. The summed E-state index contributed by atoms with van der Waals surface area (Å²) in [6, 6.07) is -0.116. The third-order valence-corrected chi connectivity index (χ3v) is 1.82. The zero-order valence-corrected chi connectivity index (χ0v) is 8.48. The van der Waals surface area contributed by atoms with E-state index in [0.717, 1.165) is 0 Å². The van der Waals surface area contributed by atoms with Gasteiger partial charge in [0.25, 0.3) is 0 Å². The zero-order chi connectivity index (χ0) is 10.9. The number of hydrogen-bond donors (Lipinski definition) is 2. The Labute approximate surface area is 88.7 Å². The summed E-state index contributed by atoms with van der Waals surface area (Å²) < 4.78 is 10.4. The molecule has 5 nitrogen and oxygen atoms in total. The zero-order valence-electron chi connectivity index (χ0n) is 8.48. The molecule has 0 aliphatic carbocycles. The van der Waals surface area contributed by atoms with E-state index in [9.17, 15) is 0 Å². The van der Waals surface area contributed by atoms with Crippen molar-refractivity contribution in [3.63, 3.8) is 0 Å². The first-order valence-corrected chi connectivity index (χ1v) is 4.81. The summed E-state index contributed by atoms with van der Waals surface area (Å²) >= 11 is 0. The van der Waals surface area contributed by atoms with Crippen molar-refractivity contribution in [3.8, 4) is 11.8 Å². The van der Waals surface area contributed by atoms with Gasteiger partial charge in [-0.2, -0.15) is 0 Å². The van der Waals surface area contributed by atoms with Gasteiger partial charge in [-0.25, -0.2) is 4.99 Å². The molecule has 1 atom stereocenters. The molecule has 5 heteroatoms. The number of hydrogen-bond acceptors (Lipinski definition) is 5. The van der Waals surface area contributed by atoms with Crippen LogP contribution in [0.5, 0.6) is 0 Å². The van der Waals surface area contributed by atoms with Crippen LogP contribution in [0.2, 0.25) is 0 Å². The Bertz CT molecular complexity index is 266. The fourth-order valence-electron chi connectivity index (χ4n) is 1.09. The Balaban J connectivity index is 2.06. The van der Waals surface area contributed by atoms with Crippen LogP contribution < -0.4 is 0 Å². The maximum Gasteiger partial charge on any atom is 0.186 e. The Morgan fingerprint density at radius 1 is 1.47 bits per heavy atom. The molecule has 0 aromatic heterocycles. The third kappa shape index (κ3) is 4.79. The second-order valence-electron chi connectivity index (χ2n) is 2.98. The fraction of sp³-hybridized carbons (Fsp3) is 0.700. The van der Waals surface area contributed by atoms with Crippen LogP contribution in [-0.2, 0) is 9.47 Å². The van der Waals surface area contributed by atoms with Crippen LogP contribution in [0.25, 0.3) is 0 Å². The maximum absolute atomic E-state index is 8.79. The number of aliphatic imine (C=N–C) groups is 1. The molecule has 1 aliphatic heterocycles. The van der Waals surface area contributed by atoms with E-state index in [2.05, 4.69) is 16.8 Å². The molecule has 1 rings (SSSR count). The summed E-state index contributed by atoms with van der Waals surface area (Å²) in [5.41, 5.74) is 0. The quantitative estimate of drug-likeness (QED) is 0.462. The molecule has 0 aromatic carbocycles. The average molecular weight is 213 g/mol. The van der Waals surface area contributed by atoms with Gasteiger partial charge >= 0.3 is 0 Å². The van der Waals surface area contributed by atoms with E-state index in [1.165, 1.54) is 0 Å². The van der Waals surface area contributed by atoms with Gasteiger partial charge in [0.1, 0.15) is 25.9 Å². The molecular formula is C10H15NO4. The van der Waals surface area contributed by atoms with Crippen LogP contribution in [0.1, 0.15) is 6.42 Å². The molecule has 0 bridgehead atoms. The van der Waals surface area contributed by atoms with Gasteiger partial charge in [0.05, 0.1) is 13.2 Å². The average Bonchev–Trinajstić information content (AvgIpc) is 2.71. The normalized spacial score (nSPS) is 19.1. The predicted molar refractivity (Wildman–Crippen MR) is 54.6 cm³/mol. The first-order chi connectivity index (χ1) is 7.36. The second kappa shape index (κ2) is 7.23. The Kier molecular flexibility index (Phi) is 5.78. The molecule has 1 heterocycles. The van der Waals surface area contributed by atoms with E-state index in [1.807, 2.05) is 0 Å². The van der Waals surface area contributed by atoms with Gasteiger partial charge < -0.3 is 19.7 Å². The minimum atomic E-state index is -0.142. The minimum Gasteiger partial charge on any atom is -0.479 e. The third-order valence-electron chi connectivity index (χ3n) is 1.82. The lowest BCUT2D eigenvalue weighted by molar-refractivity contribution is 0.168. The SMILES string of the molecule is OCC#CCOCCC1=NC(CO)CO1.